The lowest BCUT2D eigenvalue weighted by Crippen LogP contribution is -2.50. The van der Waals surface area contributed by atoms with Crippen LogP contribution in [0.25, 0.3) is 11.0 Å². The first-order valence-electron chi connectivity index (χ1n) is 11.7. The zero-order chi connectivity index (χ0) is 23.9. The lowest BCUT2D eigenvalue weighted by Gasteiger charge is -2.39. The van der Waals surface area contributed by atoms with Crippen LogP contribution in [0.5, 0.6) is 5.75 Å². The number of piperidine rings is 1. The molecule has 1 aliphatic carbocycles. The Morgan fingerprint density at radius 2 is 1.79 bits per heavy atom. The molecule has 2 heterocycles. The van der Waals surface area contributed by atoms with Gasteiger partial charge in [-0.3, -0.25) is 9.59 Å². The second-order valence-corrected chi connectivity index (χ2v) is 9.26. The molecule has 2 aliphatic rings. The highest BCUT2D eigenvalue weighted by Gasteiger charge is 2.43. The number of hydrogen-bond acceptors (Lipinski definition) is 5. The van der Waals surface area contributed by atoms with Crippen molar-refractivity contribution in [1.82, 2.24) is 4.90 Å². The van der Waals surface area contributed by atoms with Crippen LogP contribution in [0.15, 0.2) is 51.7 Å². The highest BCUT2D eigenvalue weighted by Crippen LogP contribution is 2.37. The Bertz CT molecular complexity index is 1320. The van der Waals surface area contributed by atoms with Crippen molar-refractivity contribution in [3.8, 4) is 5.75 Å². The van der Waals surface area contributed by atoms with Crippen LogP contribution in [0.2, 0.25) is 0 Å². The molecule has 1 aromatic heterocycles. The third-order valence-electron chi connectivity index (χ3n) is 7.24. The van der Waals surface area contributed by atoms with E-state index in [0.29, 0.717) is 49.2 Å². The van der Waals surface area contributed by atoms with E-state index in [1.54, 1.807) is 4.90 Å². The number of ether oxygens (including phenoxy) is 1. The topological polar surface area (TPSA) is 97.0 Å². The fraction of sp³-hybridized carbons (Fsp3) is 0.370. The second-order valence-electron chi connectivity index (χ2n) is 9.26. The van der Waals surface area contributed by atoms with E-state index < -0.39 is 11.4 Å². The first kappa shape index (κ1) is 22.2. The van der Waals surface area contributed by atoms with Crippen LogP contribution in [-0.4, -0.2) is 41.6 Å². The van der Waals surface area contributed by atoms with Crippen LogP contribution in [0.3, 0.4) is 0 Å². The SMILES string of the molecule is Cc1cc(OCC(=O)N2CCC(C(=O)O)(c3ccccc3)CC2)c2c3c(c(=O)oc2c1)CCC3. The number of fused-ring (bicyclic) bond motifs is 3. The summed E-state index contributed by atoms with van der Waals surface area (Å²) >= 11 is 0. The minimum Gasteiger partial charge on any atom is -0.483 e. The van der Waals surface area contributed by atoms with E-state index in [9.17, 15) is 19.5 Å². The molecule has 5 rings (SSSR count). The number of hydrogen-bond donors (Lipinski definition) is 1. The number of likely N-dealkylation sites (tertiary alicyclic amines) is 1. The number of carboxylic acid groups (broad SMARTS) is 1. The minimum absolute atomic E-state index is 0.155. The lowest BCUT2D eigenvalue weighted by molar-refractivity contribution is -0.148. The van der Waals surface area contributed by atoms with Crippen molar-refractivity contribution >= 4 is 22.8 Å². The van der Waals surface area contributed by atoms with Gasteiger partial charge in [-0.15, -0.1) is 0 Å². The minimum atomic E-state index is -0.982. The molecule has 0 bridgehead atoms. The molecule has 7 heteroatoms. The predicted molar refractivity (Wildman–Crippen MR) is 126 cm³/mol. The van der Waals surface area contributed by atoms with E-state index in [1.807, 2.05) is 49.4 Å². The number of carboxylic acids is 1. The quantitative estimate of drug-likeness (QED) is 0.583. The van der Waals surface area contributed by atoms with E-state index in [0.717, 1.165) is 34.9 Å². The number of carbonyl (C=O) groups excluding carboxylic acids is 1. The Kier molecular flexibility index (Phi) is 5.63. The molecule has 0 spiro atoms. The Hall–Kier alpha value is -3.61. The maximum atomic E-state index is 13.0. The van der Waals surface area contributed by atoms with Crippen molar-refractivity contribution in [1.29, 1.82) is 0 Å². The largest absolute Gasteiger partial charge is 0.483 e. The van der Waals surface area contributed by atoms with Crippen molar-refractivity contribution in [3.05, 3.63) is 75.1 Å². The van der Waals surface area contributed by atoms with Gasteiger partial charge in [-0.2, -0.15) is 0 Å². The first-order chi connectivity index (χ1) is 16.4. The van der Waals surface area contributed by atoms with Gasteiger partial charge in [-0.05, 0) is 67.9 Å². The molecule has 0 saturated carbocycles. The molecule has 3 aromatic rings. The monoisotopic (exact) mass is 461 g/mol. The standard InChI is InChI=1S/C27H27NO6/c1-17-14-21(24-19-8-5-9-20(19)25(30)34-22(24)15-17)33-16-23(29)28-12-10-27(11-13-28,26(31)32)18-6-3-2-4-7-18/h2-4,6-7,14-15H,5,8-13,16H2,1H3,(H,31,32). The number of aryl methyl sites for hydroxylation is 2. The van der Waals surface area contributed by atoms with Gasteiger partial charge in [0.1, 0.15) is 11.3 Å². The molecule has 1 saturated heterocycles. The summed E-state index contributed by atoms with van der Waals surface area (Å²) in [6.45, 7) is 2.43. The summed E-state index contributed by atoms with van der Waals surface area (Å²) < 4.78 is 11.5. The second kappa shape index (κ2) is 8.63. The molecule has 7 nitrogen and oxygen atoms in total. The molecule has 2 aromatic carbocycles. The van der Waals surface area contributed by atoms with E-state index in [2.05, 4.69) is 0 Å². The number of aliphatic carboxylic acids is 1. The average Bonchev–Trinajstić information content (AvgIpc) is 3.33. The van der Waals surface area contributed by atoms with Gasteiger partial charge in [0.05, 0.1) is 10.8 Å². The van der Waals surface area contributed by atoms with Gasteiger partial charge in [0, 0.05) is 18.7 Å². The summed E-state index contributed by atoms with van der Waals surface area (Å²) in [6, 6.07) is 12.9. The maximum absolute atomic E-state index is 13.0. The summed E-state index contributed by atoms with van der Waals surface area (Å²) in [5.41, 5.74) is 2.52. The Morgan fingerprint density at radius 3 is 2.50 bits per heavy atom. The summed E-state index contributed by atoms with van der Waals surface area (Å²) in [5.74, 6) is -0.495. The van der Waals surface area contributed by atoms with Crippen molar-refractivity contribution in [2.45, 2.75) is 44.4 Å². The fourth-order valence-corrected chi connectivity index (χ4v) is 5.37. The van der Waals surface area contributed by atoms with Gasteiger partial charge in [0.15, 0.2) is 6.61 Å². The zero-order valence-electron chi connectivity index (χ0n) is 19.1. The molecule has 0 unspecified atom stereocenters. The third kappa shape index (κ3) is 3.75. The van der Waals surface area contributed by atoms with Crippen molar-refractivity contribution in [3.63, 3.8) is 0 Å². The highest BCUT2D eigenvalue weighted by atomic mass is 16.5. The number of carbonyl (C=O) groups is 2. The molecule has 176 valence electrons. The summed E-state index contributed by atoms with van der Waals surface area (Å²) in [7, 11) is 0. The predicted octanol–water partition coefficient (Wildman–Crippen LogP) is 3.61. The van der Waals surface area contributed by atoms with Gasteiger partial charge in [0.2, 0.25) is 0 Å². The van der Waals surface area contributed by atoms with Crippen LogP contribution < -0.4 is 10.4 Å². The number of benzene rings is 2. The van der Waals surface area contributed by atoms with E-state index in [4.69, 9.17) is 9.15 Å². The van der Waals surface area contributed by atoms with E-state index in [-0.39, 0.29) is 18.1 Å². The Morgan fingerprint density at radius 1 is 1.09 bits per heavy atom. The number of amides is 1. The summed E-state index contributed by atoms with van der Waals surface area (Å²) in [6.07, 6.45) is 3.08. The maximum Gasteiger partial charge on any atom is 0.339 e. The van der Waals surface area contributed by atoms with Gasteiger partial charge >= 0.3 is 11.6 Å². The smallest absolute Gasteiger partial charge is 0.339 e. The van der Waals surface area contributed by atoms with Gasteiger partial charge in [0.25, 0.3) is 5.91 Å². The van der Waals surface area contributed by atoms with Crippen LogP contribution in [0.4, 0.5) is 0 Å². The van der Waals surface area contributed by atoms with Crippen molar-refractivity contribution < 1.29 is 23.8 Å². The van der Waals surface area contributed by atoms with Gasteiger partial charge in [-0.1, -0.05) is 30.3 Å². The molecule has 1 N–H and O–H groups in total. The Labute approximate surface area is 196 Å². The molecule has 34 heavy (non-hydrogen) atoms. The van der Waals surface area contributed by atoms with Gasteiger partial charge in [-0.25, -0.2) is 4.79 Å². The van der Waals surface area contributed by atoms with E-state index in [1.165, 1.54) is 0 Å². The van der Waals surface area contributed by atoms with Gasteiger partial charge < -0.3 is 19.2 Å². The highest BCUT2D eigenvalue weighted by molar-refractivity contribution is 5.89. The van der Waals surface area contributed by atoms with Crippen LogP contribution in [0.1, 0.15) is 41.5 Å². The summed E-state index contributed by atoms with van der Waals surface area (Å²) in [5, 5.41) is 10.8. The Balaban J connectivity index is 1.33. The molecule has 1 fully saturated rings. The normalized spacial score (nSPS) is 16.9. The molecule has 1 aliphatic heterocycles. The number of rotatable bonds is 5. The molecular formula is C27H27NO6. The average molecular weight is 462 g/mol. The zero-order valence-corrected chi connectivity index (χ0v) is 19.1. The van der Waals surface area contributed by atoms with Crippen LogP contribution >= 0.6 is 0 Å². The fourth-order valence-electron chi connectivity index (χ4n) is 5.37. The van der Waals surface area contributed by atoms with Crippen LogP contribution in [0, 0.1) is 6.92 Å². The van der Waals surface area contributed by atoms with E-state index >= 15 is 0 Å². The third-order valence-corrected chi connectivity index (χ3v) is 7.24. The molecule has 0 radical (unpaired) electrons. The molecular weight excluding hydrogens is 434 g/mol. The first-order valence-corrected chi connectivity index (χ1v) is 11.7. The molecule has 1 amide bonds. The summed E-state index contributed by atoms with van der Waals surface area (Å²) in [4.78, 5) is 39.1. The van der Waals surface area contributed by atoms with Crippen molar-refractivity contribution in [2.24, 2.45) is 0 Å². The molecule has 0 atom stereocenters. The number of nitrogens with zero attached hydrogens (tertiary/aromatic N) is 1. The van der Waals surface area contributed by atoms with Crippen LogP contribution in [-0.2, 0) is 27.8 Å². The lowest BCUT2D eigenvalue weighted by atomic mass is 9.73. The van der Waals surface area contributed by atoms with Crippen molar-refractivity contribution in [2.75, 3.05) is 19.7 Å².